The van der Waals surface area contributed by atoms with Crippen LogP contribution in [0.4, 0.5) is 9.59 Å². The molecule has 0 aromatic heterocycles. The summed E-state index contributed by atoms with van der Waals surface area (Å²) in [6.45, 7) is 17.4. The molecule has 2 saturated carbocycles. The topological polar surface area (TPSA) is 64.7 Å². The van der Waals surface area contributed by atoms with Gasteiger partial charge in [-0.25, -0.2) is 9.59 Å². The van der Waals surface area contributed by atoms with Crippen LogP contribution in [-0.2, 0) is 0 Å². The van der Waals surface area contributed by atoms with Gasteiger partial charge in [0.1, 0.15) is 0 Å². The maximum Gasteiger partial charge on any atom is 0.317 e. The van der Waals surface area contributed by atoms with Gasteiger partial charge in [-0.1, -0.05) is 54.4 Å². The minimum atomic E-state index is 0.131. The van der Waals surface area contributed by atoms with Crippen molar-refractivity contribution in [2.24, 2.45) is 21.7 Å². The van der Waals surface area contributed by atoms with Crippen molar-refractivity contribution in [1.29, 1.82) is 0 Å². The molecule has 4 bridgehead atoms. The predicted molar refractivity (Wildman–Crippen MR) is 138 cm³/mol. The SMILES string of the molecule is CC1(C)C[C@H]2C[C@@](C)(CN2C(=O)NCCCCCCNC(=O)N2C[C@]3(C)C[C@@H]2CC(C)(C)C3)C1. The number of rotatable bonds is 7. The number of hydrogen-bond donors (Lipinski definition) is 2. The highest BCUT2D eigenvalue weighted by Gasteiger charge is 2.52. The molecule has 0 aromatic rings. The van der Waals surface area contributed by atoms with Crippen molar-refractivity contribution in [3.05, 3.63) is 0 Å². The summed E-state index contributed by atoms with van der Waals surface area (Å²) >= 11 is 0. The third-order valence-electron chi connectivity index (χ3n) is 9.01. The molecular weight excluding hydrogens is 424 g/mol. The fraction of sp³-hybridized carbons (Fsp3) is 0.929. The molecule has 2 aliphatic heterocycles. The van der Waals surface area contributed by atoms with E-state index < -0.39 is 0 Å². The van der Waals surface area contributed by atoms with Gasteiger partial charge < -0.3 is 20.4 Å². The predicted octanol–water partition coefficient (Wildman–Crippen LogP) is 5.77. The first kappa shape index (κ1) is 25.6. The van der Waals surface area contributed by atoms with E-state index in [4.69, 9.17) is 0 Å². The number of nitrogens with one attached hydrogen (secondary N) is 2. The molecular formula is C28H50N4O2. The molecule has 6 nitrogen and oxygen atoms in total. The average Bonchev–Trinajstić information content (AvgIpc) is 3.10. The van der Waals surface area contributed by atoms with Crippen LogP contribution in [-0.4, -0.2) is 60.1 Å². The standard InChI is InChI=1S/C28H50N4O2/c1-25(2)13-21-15-27(5,17-25)19-31(21)23(33)29-11-9-7-8-10-12-30-24(34)32-20-28(6)16-22(32)14-26(3,4)18-28/h21-22H,7-20H2,1-6H3,(H,29,33)(H,30,34)/t21-,22-,27+,28+/m0/s1. The smallest absolute Gasteiger partial charge is 0.317 e. The van der Waals surface area contributed by atoms with E-state index in [0.29, 0.717) is 22.9 Å². The van der Waals surface area contributed by atoms with E-state index in [-0.39, 0.29) is 22.9 Å². The lowest BCUT2D eigenvalue weighted by atomic mass is 9.65. The number of nitrogens with zero attached hydrogens (tertiary/aromatic N) is 2. The Morgan fingerprint density at radius 2 is 1.03 bits per heavy atom. The number of urea groups is 2. The molecule has 0 radical (unpaired) electrons. The second kappa shape index (κ2) is 9.20. The van der Waals surface area contributed by atoms with Gasteiger partial charge in [0.05, 0.1) is 0 Å². The first-order valence-electron chi connectivity index (χ1n) is 13.9. The minimum Gasteiger partial charge on any atom is -0.338 e. The zero-order valence-electron chi connectivity index (χ0n) is 22.8. The van der Waals surface area contributed by atoms with Crippen LogP contribution in [0.5, 0.6) is 0 Å². The normalized spacial score (nSPS) is 35.4. The molecule has 0 unspecified atom stereocenters. The molecule has 6 heteroatoms. The summed E-state index contributed by atoms with van der Waals surface area (Å²) in [7, 11) is 0. The number of carbonyl (C=O) groups excluding carboxylic acids is 2. The van der Waals surface area contributed by atoms with Crippen molar-refractivity contribution in [3.8, 4) is 0 Å². The van der Waals surface area contributed by atoms with Crippen molar-refractivity contribution in [2.75, 3.05) is 26.2 Å². The van der Waals surface area contributed by atoms with Crippen LogP contribution in [0.15, 0.2) is 0 Å². The molecule has 4 fully saturated rings. The third kappa shape index (κ3) is 5.84. The van der Waals surface area contributed by atoms with Gasteiger partial charge in [0.15, 0.2) is 0 Å². The van der Waals surface area contributed by atoms with E-state index >= 15 is 0 Å². The van der Waals surface area contributed by atoms with Gasteiger partial charge in [-0.3, -0.25) is 0 Å². The summed E-state index contributed by atoms with van der Waals surface area (Å²) in [4.78, 5) is 29.8. The highest BCUT2D eigenvalue weighted by atomic mass is 16.2. The molecule has 0 spiro atoms. The Morgan fingerprint density at radius 3 is 1.41 bits per heavy atom. The Morgan fingerprint density at radius 1 is 0.647 bits per heavy atom. The van der Waals surface area contributed by atoms with Crippen LogP contribution < -0.4 is 10.6 Å². The zero-order chi connectivity index (χ0) is 24.8. The number of likely N-dealkylation sites (tertiary alicyclic amines) is 2. The molecule has 2 N–H and O–H groups in total. The summed E-state index contributed by atoms with van der Waals surface area (Å²) in [5.41, 5.74) is 1.25. The van der Waals surface area contributed by atoms with Crippen LogP contribution in [0, 0.1) is 21.7 Å². The molecule has 2 aliphatic carbocycles. The van der Waals surface area contributed by atoms with Gasteiger partial charge in [0, 0.05) is 38.3 Å². The van der Waals surface area contributed by atoms with Crippen molar-refractivity contribution in [2.45, 2.75) is 118 Å². The van der Waals surface area contributed by atoms with Gasteiger partial charge >= 0.3 is 12.1 Å². The number of amides is 4. The number of carbonyl (C=O) groups is 2. The van der Waals surface area contributed by atoms with Crippen LogP contribution in [0.2, 0.25) is 0 Å². The van der Waals surface area contributed by atoms with Crippen LogP contribution in [0.25, 0.3) is 0 Å². The number of unbranched alkanes of at least 4 members (excludes halogenated alkanes) is 3. The average molecular weight is 475 g/mol. The Hall–Kier alpha value is -1.46. The van der Waals surface area contributed by atoms with Crippen molar-refractivity contribution in [3.63, 3.8) is 0 Å². The monoisotopic (exact) mass is 474 g/mol. The van der Waals surface area contributed by atoms with E-state index in [9.17, 15) is 9.59 Å². The summed E-state index contributed by atoms with van der Waals surface area (Å²) in [5, 5.41) is 6.34. The highest BCUT2D eigenvalue weighted by molar-refractivity contribution is 5.75. The van der Waals surface area contributed by atoms with Gasteiger partial charge in [-0.05, 0) is 73.0 Å². The second-order valence-corrected chi connectivity index (χ2v) is 14.6. The van der Waals surface area contributed by atoms with Crippen LogP contribution >= 0.6 is 0 Å². The Kier molecular flexibility index (Phi) is 6.94. The van der Waals surface area contributed by atoms with Gasteiger partial charge in [0.25, 0.3) is 0 Å². The van der Waals surface area contributed by atoms with Gasteiger partial charge in [-0.15, -0.1) is 0 Å². The van der Waals surface area contributed by atoms with E-state index in [1.807, 2.05) is 0 Å². The molecule has 194 valence electrons. The van der Waals surface area contributed by atoms with E-state index in [0.717, 1.165) is 77.5 Å². The zero-order valence-corrected chi connectivity index (χ0v) is 22.8. The summed E-state index contributed by atoms with van der Waals surface area (Å²) in [5.74, 6) is 0. The molecule has 4 atom stereocenters. The Bertz CT molecular complexity index is 716. The largest absolute Gasteiger partial charge is 0.338 e. The second-order valence-electron chi connectivity index (χ2n) is 14.6. The van der Waals surface area contributed by atoms with Gasteiger partial charge in [0.2, 0.25) is 0 Å². The lowest BCUT2D eigenvalue weighted by Gasteiger charge is -2.39. The summed E-state index contributed by atoms with van der Waals surface area (Å²) in [6.07, 6.45) is 11.2. The summed E-state index contributed by atoms with van der Waals surface area (Å²) < 4.78 is 0. The lowest BCUT2D eigenvalue weighted by Crippen LogP contribution is -2.44. The van der Waals surface area contributed by atoms with Crippen molar-refractivity contribution in [1.82, 2.24) is 20.4 Å². The quantitative estimate of drug-likeness (QED) is 0.460. The summed E-state index contributed by atoms with van der Waals surface area (Å²) in [6, 6.07) is 1.07. The van der Waals surface area contributed by atoms with Crippen molar-refractivity contribution >= 4 is 12.1 Å². The van der Waals surface area contributed by atoms with Crippen LogP contribution in [0.1, 0.15) is 106 Å². The first-order valence-corrected chi connectivity index (χ1v) is 13.9. The van der Waals surface area contributed by atoms with Crippen LogP contribution in [0.3, 0.4) is 0 Å². The Labute approximate surface area is 208 Å². The number of hydrogen-bond acceptors (Lipinski definition) is 2. The number of fused-ring (bicyclic) bond motifs is 4. The molecule has 4 aliphatic rings. The molecule has 4 amide bonds. The van der Waals surface area contributed by atoms with E-state index in [1.54, 1.807) is 0 Å². The van der Waals surface area contributed by atoms with E-state index in [1.165, 1.54) is 12.8 Å². The fourth-order valence-corrected chi connectivity index (χ4v) is 8.59. The fourth-order valence-electron chi connectivity index (χ4n) is 8.59. The molecule has 2 heterocycles. The minimum absolute atomic E-state index is 0.131. The molecule has 2 saturated heterocycles. The first-order chi connectivity index (χ1) is 15.8. The lowest BCUT2D eigenvalue weighted by molar-refractivity contribution is 0.128. The maximum atomic E-state index is 12.8. The molecule has 4 rings (SSSR count). The van der Waals surface area contributed by atoms with E-state index in [2.05, 4.69) is 62.0 Å². The Balaban J connectivity index is 1.07. The third-order valence-corrected chi connectivity index (χ3v) is 9.01. The molecule has 34 heavy (non-hydrogen) atoms. The maximum absolute atomic E-state index is 12.8. The molecule has 0 aromatic carbocycles. The highest BCUT2D eigenvalue weighted by Crippen LogP contribution is 2.53. The van der Waals surface area contributed by atoms with Gasteiger partial charge in [-0.2, -0.15) is 0 Å². The van der Waals surface area contributed by atoms with Crippen molar-refractivity contribution < 1.29 is 9.59 Å².